The van der Waals surface area contributed by atoms with Crippen LogP contribution in [0.2, 0.25) is 0 Å². The summed E-state index contributed by atoms with van der Waals surface area (Å²) in [6.07, 6.45) is 0.415. The first-order valence-electron chi connectivity index (χ1n) is 10.2. The fraction of sp³-hybridized carbons (Fsp3) is 0.280. The van der Waals surface area contributed by atoms with Crippen molar-refractivity contribution in [3.8, 4) is 0 Å². The van der Waals surface area contributed by atoms with Crippen LogP contribution < -0.4 is 10.6 Å². The minimum atomic E-state index is -0.217. The summed E-state index contributed by atoms with van der Waals surface area (Å²) >= 11 is 0. The highest BCUT2D eigenvalue weighted by Crippen LogP contribution is 2.18. The number of ether oxygens (including phenoxy) is 1. The molecule has 0 saturated carbocycles. The zero-order chi connectivity index (χ0) is 21.3. The monoisotopic (exact) mass is 404 g/mol. The van der Waals surface area contributed by atoms with Crippen LogP contribution in [-0.4, -0.2) is 24.5 Å². The van der Waals surface area contributed by atoms with Crippen molar-refractivity contribution >= 4 is 22.6 Å². The molecule has 3 aromatic rings. The van der Waals surface area contributed by atoms with Gasteiger partial charge in [-0.3, -0.25) is 9.59 Å². The first-order valence-corrected chi connectivity index (χ1v) is 10.2. The second-order valence-electron chi connectivity index (χ2n) is 7.55. The van der Waals surface area contributed by atoms with Crippen LogP contribution >= 0.6 is 0 Å². The van der Waals surface area contributed by atoms with Gasteiger partial charge in [0.25, 0.3) is 0 Å². The van der Waals surface area contributed by atoms with E-state index < -0.39 is 0 Å². The third kappa shape index (κ3) is 6.42. The van der Waals surface area contributed by atoms with Crippen molar-refractivity contribution in [2.45, 2.75) is 39.5 Å². The van der Waals surface area contributed by atoms with Gasteiger partial charge < -0.3 is 15.4 Å². The zero-order valence-electron chi connectivity index (χ0n) is 17.5. The van der Waals surface area contributed by atoms with E-state index >= 15 is 0 Å². The molecule has 3 aromatic carbocycles. The van der Waals surface area contributed by atoms with Crippen molar-refractivity contribution in [3.05, 3.63) is 83.4 Å². The van der Waals surface area contributed by atoms with Gasteiger partial charge in [-0.1, -0.05) is 66.7 Å². The molecule has 0 spiro atoms. The highest BCUT2D eigenvalue weighted by molar-refractivity contribution is 5.91. The average molecular weight is 405 g/mol. The molecule has 0 aliphatic carbocycles. The molecule has 5 nitrogen and oxygen atoms in total. The van der Waals surface area contributed by atoms with Crippen molar-refractivity contribution < 1.29 is 14.3 Å². The van der Waals surface area contributed by atoms with Crippen LogP contribution in [0.4, 0.5) is 0 Å². The van der Waals surface area contributed by atoms with Crippen molar-refractivity contribution in [3.63, 3.8) is 0 Å². The highest BCUT2D eigenvalue weighted by Gasteiger charge is 2.09. The molecule has 3 rings (SSSR count). The maximum absolute atomic E-state index is 12.3. The summed E-state index contributed by atoms with van der Waals surface area (Å²) in [4.78, 5) is 24.4. The van der Waals surface area contributed by atoms with Gasteiger partial charge in [0.05, 0.1) is 25.7 Å². The van der Waals surface area contributed by atoms with E-state index in [0.717, 1.165) is 27.5 Å². The van der Waals surface area contributed by atoms with Gasteiger partial charge in [0.15, 0.2) is 0 Å². The van der Waals surface area contributed by atoms with Gasteiger partial charge in [0, 0.05) is 6.54 Å². The Kier molecular flexibility index (Phi) is 7.57. The molecule has 156 valence electrons. The van der Waals surface area contributed by atoms with Crippen LogP contribution in [0.5, 0.6) is 0 Å². The lowest BCUT2D eigenvalue weighted by Crippen LogP contribution is -2.37. The molecule has 0 atom stereocenters. The third-order valence-corrected chi connectivity index (χ3v) is 4.74. The first-order chi connectivity index (χ1) is 14.5. The summed E-state index contributed by atoms with van der Waals surface area (Å²) in [5.74, 6) is -0.389. The first kappa shape index (κ1) is 21.5. The van der Waals surface area contributed by atoms with Gasteiger partial charge in [-0.15, -0.1) is 0 Å². The van der Waals surface area contributed by atoms with E-state index in [2.05, 4.69) is 10.6 Å². The molecule has 0 aliphatic heterocycles. The number of nitrogens with one attached hydrogen (secondary N) is 2. The fourth-order valence-electron chi connectivity index (χ4n) is 3.22. The molecule has 0 saturated heterocycles. The van der Waals surface area contributed by atoms with Crippen LogP contribution in [0.15, 0.2) is 66.7 Å². The number of hydrogen-bond acceptors (Lipinski definition) is 3. The van der Waals surface area contributed by atoms with E-state index in [4.69, 9.17) is 4.74 Å². The SMILES string of the molecule is CC(C)OCc1cccc(CNC(=O)CNC(=O)Cc2cccc3ccccc23)c1. The van der Waals surface area contributed by atoms with Crippen molar-refractivity contribution in [2.24, 2.45) is 0 Å². The summed E-state index contributed by atoms with van der Waals surface area (Å²) < 4.78 is 5.61. The lowest BCUT2D eigenvalue weighted by molar-refractivity contribution is -0.125. The molecule has 0 bridgehead atoms. The van der Waals surface area contributed by atoms with Crippen LogP contribution in [0.3, 0.4) is 0 Å². The minimum Gasteiger partial charge on any atom is -0.374 e. The second kappa shape index (κ2) is 10.6. The molecule has 0 aliphatic rings. The second-order valence-corrected chi connectivity index (χ2v) is 7.55. The molecule has 0 aromatic heterocycles. The number of fused-ring (bicyclic) bond motifs is 1. The molecular formula is C25H28N2O3. The topological polar surface area (TPSA) is 67.4 Å². The lowest BCUT2D eigenvalue weighted by atomic mass is 10.0. The maximum Gasteiger partial charge on any atom is 0.239 e. The van der Waals surface area contributed by atoms with Gasteiger partial charge in [-0.2, -0.15) is 0 Å². The standard InChI is InChI=1S/C25H28N2O3/c1-18(2)30-17-20-8-5-7-19(13-20)15-26-25(29)16-27-24(28)14-22-11-6-10-21-9-3-4-12-23(21)22/h3-13,18H,14-17H2,1-2H3,(H,26,29)(H,27,28). The van der Waals surface area contributed by atoms with Gasteiger partial charge in [0.2, 0.25) is 11.8 Å². The van der Waals surface area contributed by atoms with Crippen LogP contribution in [0.1, 0.15) is 30.5 Å². The Labute approximate surface area is 177 Å². The highest BCUT2D eigenvalue weighted by atomic mass is 16.5. The molecule has 0 unspecified atom stereocenters. The van der Waals surface area contributed by atoms with Crippen LogP contribution in [0.25, 0.3) is 10.8 Å². The Balaban J connectivity index is 1.45. The lowest BCUT2D eigenvalue weighted by Gasteiger charge is -2.10. The van der Waals surface area contributed by atoms with Gasteiger partial charge in [-0.05, 0) is 41.3 Å². The number of amides is 2. The van der Waals surface area contributed by atoms with Gasteiger partial charge in [0.1, 0.15) is 0 Å². The number of rotatable bonds is 9. The molecular weight excluding hydrogens is 376 g/mol. The molecule has 2 amide bonds. The van der Waals surface area contributed by atoms with Crippen LogP contribution in [-0.2, 0) is 33.9 Å². The van der Waals surface area contributed by atoms with Crippen molar-refractivity contribution in [1.82, 2.24) is 10.6 Å². The number of benzene rings is 3. The molecule has 0 radical (unpaired) electrons. The minimum absolute atomic E-state index is 0.0419. The Hall–Kier alpha value is -3.18. The molecule has 5 heteroatoms. The summed E-state index contributed by atoms with van der Waals surface area (Å²) in [6.45, 7) is 4.91. The normalized spacial score (nSPS) is 10.9. The summed E-state index contributed by atoms with van der Waals surface area (Å²) in [7, 11) is 0. The van der Waals surface area contributed by atoms with Gasteiger partial charge >= 0.3 is 0 Å². The summed E-state index contributed by atoms with van der Waals surface area (Å²) in [5.41, 5.74) is 3.01. The maximum atomic E-state index is 12.3. The molecule has 0 fully saturated rings. The Morgan fingerprint density at radius 2 is 1.60 bits per heavy atom. The Morgan fingerprint density at radius 1 is 0.867 bits per heavy atom. The predicted molar refractivity (Wildman–Crippen MR) is 119 cm³/mol. The smallest absolute Gasteiger partial charge is 0.239 e. The van der Waals surface area contributed by atoms with Gasteiger partial charge in [-0.25, -0.2) is 0 Å². The number of carbonyl (C=O) groups is 2. The zero-order valence-corrected chi connectivity index (χ0v) is 17.5. The van der Waals surface area contributed by atoms with Crippen molar-refractivity contribution in [2.75, 3.05) is 6.54 Å². The van der Waals surface area contributed by atoms with E-state index in [1.807, 2.05) is 80.6 Å². The number of hydrogen-bond donors (Lipinski definition) is 2. The van der Waals surface area contributed by atoms with E-state index in [0.29, 0.717) is 13.2 Å². The Morgan fingerprint density at radius 3 is 2.43 bits per heavy atom. The quantitative estimate of drug-likeness (QED) is 0.571. The summed E-state index contributed by atoms with van der Waals surface area (Å²) in [5, 5.41) is 7.71. The van der Waals surface area contributed by atoms with E-state index in [-0.39, 0.29) is 30.9 Å². The van der Waals surface area contributed by atoms with Crippen LogP contribution in [0, 0.1) is 0 Å². The largest absolute Gasteiger partial charge is 0.374 e. The average Bonchev–Trinajstić information content (AvgIpc) is 2.75. The molecule has 2 N–H and O–H groups in total. The van der Waals surface area contributed by atoms with E-state index in [1.54, 1.807) is 0 Å². The third-order valence-electron chi connectivity index (χ3n) is 4.74. The molecule has 30 heavy (non-hydrogen) atoms. The Bertz CT molecular complexity index is 1010. The summed E-state index contributed by atoms with van der Waals surface area (Å²) in [6, 6.07) is 21.8. The number of carbonyl (C=O) groups excluding carboxylic acids is 2. The van der Waals surface area contributed by atoms with Crippen molar-refractivity contribution in [1.29, 1.82) is 0 Å². The van der Waals surface area contributed by atoms with E-state index in [1.165, 1.54) is 0 Å². The predicted octanol–water partition coefficient (Wildman–Crippen LogP) is 3.74. The molecule has 0 heterocycles. The fourth-order valence-corrected chi connectivity index (χ4v) is 3.22. The van der Waals surface area contributed by atoms with E-state index in [9.17, 15) is 9.59 Å².